The van der Waals surface area contributed by atoms with E-state index in [0.29, 0.717) is 10.9 Å². The molecule has 6 nitrogen and oxygen atoms in total. The smallest absolute Gasteiger partial charge is 0.295 e. The number of phenolic OH excluding ortho intramolecular Hbond substituents is 1. The largest absolute Gasteiger partial charge is 0.505 e. The van der Waals surface area contributed by atoms with Crippen LogP contribution in [0.5, 0.6) is 5.75 Å². The molecule has 0 radical (unpaired) electrons. The standard InChI is InChI=1S/C19H8Br2Cl2O6S/c20-14-16(24)10(22)5-8-13(7-3-1-2-4-12(7)30(26,27)28)9-6-11(23)17(25)15(21)19(9)29-18(8)14/h1-6,24H,(H,26,27,28). The van der Waals surface area contributed by atoms with Crippen LogP contribution in [0.3, 0.4) is 0 Å². The topological polar surface area (TPSA) is 105 Å². The Bertz CT molecular complexity index is 1500. The fraction of sp³-hybridized carbons (Fsp3) is 0. The molecule has 0 aromatic heterocycles. The molecule has 4 rings (SSSR count). The van der Waals surface area contributed by atoms with Crippen molar-refractivity contribution >= 4 is 76.1 Å². The monoisotopic (exact) mass is 592 g/mol. The molecule has 0 fully saturated rings. The van der Waals surface area contributed by atoms with Crippen LogP contribution >= 0.6 is 55.1 Å². The van der Waals surface area contributed by atoms with Crippen molar-refractivity contribution in [2.45, 2.75) is 4.90 Å². The highest BCUT2D eigenvalue weighted by atomic mass is 79.9. The van der Waals surface area contributed by atoms with Gasteiger partial charge in [0, 0.05) is 22.1 Å². The molecule has 11 heteroatoms. The van der Waals surface area contributed by atoms with Crippen LogP contribution < -0.4 is 5.43 Å². The van der Waals surface area contributed by atoms with Gasteiger partial charge >= 0.3 is 0 Å². The van der Waals surface area contributed by atoms with Crippen molar-refractivity contribution in [3.63, 3.8) is 0 Å². The molecule has 0 amide bonds. The minimum Gasteiger partial charge on any atom is -0.505 e. The number of benzene rings is 3. The zero-order chi connectivity index (χ0) is 22.0. The quantitative estimate of drug-likeness (QED) is 0.207. The SMILES string of the molecule is O=c1c(Cl)cc2c(-c3ccccc3S(=O)(=O)O)c3cc(Cl)c(O)c(Br)c3oc-2c1Br. The van der Waals surface area contributed by atoms with Crippen molar-refractivity contribution in [3.8, 4) is 28.2 Å². The molecule has 154 valence electrons. The Morgan fingerprint density at radius 1 is 0.967 bits per heavy atom. The van der Waals surface area contributed by atoms with Crippen LogP contribution in [0.1, 0.15) is 0 Å². The predicted octanol–water partition coefficient (Wildman–Crippen LogP) is 6.35. The summed E-state index contributed by atoms with van der Waals surface area (Å²) in [6, 6.07) is 8.50. The van der Waals surface area contributed by atoms with E-state index >= 15 is 0 Å². The van der Waals surface area contributed by atoms with E-state index in [0.717, 1.165) is 0 Å². The molecular weight excluding hydrogens is 587 g/mol. The molecule has 2 aliphatic rings. The zero-order valence-corrected chi connectivity index (χ0v) is 19.9. The van der Waals surface area contributed by atoms with Crippen molar-refractivity contribution < 1.29 is 22.5 Å². The van der Waals surface area contributed by atoms with Crippen LogP contribution in [0.25, 0.3) is 33.4 Å². The normalized spacial score (nSPS) is 12.0. The minimum atomic E-state index is -4.61. The lowest BCUT2D eigenvalue weighted by atomic mass is 9.93. The van der Waals surface area contributed by atoms with Crippen molar-refractivity contribution in [1.29, 1.82) is 0 Å². The van der Waals surface area contributed by atoms with Gasteiger partial charge in [0.15, 0.2) is 17.1 Å². The van der Waals surface area contributed by atoms with E-state index in [1.807, 2.05) is 0 Å². The number of halogens is 4. The number of phenols is 1. The maximum Gasteiger partial charge on any atom is 0.295 e. The van der Waals surface area contributed by atoms with Crippen LogP contribution in [0.15, 0.2) is 59.5 Å². The molecule has 0 atom stereocenters. The lowest BCUT2D eigenvalue weighted by Gasteiger charge is -2.19. The lowest BCUT2D eigenvalue weighted by molar-refractivity contribution is 0.470. The van der Waals surface area contributed by atoms with Crippen LogP contribution in [0.2, 0.25) is 10.0 Å². The maximum absolute atomic E-state index is 12.3. The predicted molar refractivity (Wildman–Crippen MR) is 121 cm³/mol. The molecular formula is C19H8Br2Cl2O6S. The van der Waals surface area contributed by atoms with E-state index < -0.39 is 15.5 Å². The number of rotatable bonds is 2. The summed E-state index contributed by atoms with van der Waals surface area (Å²) in [6.45, 7) is 0. The van der Waals surface area contributed by atoms with E-state index in [9.17, 15) is 22.9 Å². The number of fused-ring (bicyclic) bond motifs is 2. The summed E-state index contributed by atoms with van der Waals surface area (Å²) in [5, 5.41) is 10.4. The molecule has 2 N–H and O–H groups in total. The van der Waals surface area contributed by atoms with Gasteiger partial charge < -0.3 is 9.52 Å². The third kappa shape index (κ3) is 3.34. The van der Waals surface area contributed by atoms with Crippen molar-refractivity contribution in [2.75, 3.05) is 0 Å². The summed E-state index contributed by atoms with van der Waals surface area (Å²) in [7, 11) is -4.61. The summed E-state index contributed by atoms with van der Waals surface area (Å²) in [5.74, 6) is -0.229. The molecule has 0 saturated heterocycles. The molecule has 2 aromatic carbocycles. The zero-order valence-electron chi connectivity index (χ0n) is 14.4. The first-order valence-electron chi connectivity index (χ1n) is 8.04. The van der Waals surface area contributed by atoms with Crippen LogP contribution in [0.4, 0.5) is 0 Å². The first-order chi connectivity index (χ1) is 14.0. The van der Waals surface area contributed by atoms with Crippen molar-refractivity contribution in [1.82, 2.24) is 0 Å². The van der Waals surface area contributed by atoms with Gasteiger partial charge in [-0.25, -0.2) is 0 Å². The van der Waals surface area contributed by atoms with E-state index in [-0.39, 0.29) is 52.1 Å². The minimum absolute atomic E-state index is 0.0128. The molecule has 1 heterocycles. The second-order valence-corrected chi connectivity index (χ2v) is 10.0. The maximum atomic E-state index is 12.3. The second-order valence-electron chi connectivity index (χ2n) is 6.22. The van der Waals surface area contributed by atoms with Crippen LogP contribution in [0, 0.1) is 0 Å². The Morgan fingerprint density at radius 3 is 2.30 bits per heavy atom. The van der Waals surface area contributed by atoms with Crippen molar-refractivity contribution in [3.05, 3.63) is 65.6 Å². The first kappa shape index (κ1) is 21.6. The average Bonchev–Trinajstić information content (AvgIpc) is 2.69. The summed E-state index contributed by atoms with van der Waals surface area (Å²) in [6.07, 6.45) is 0. The Labute approximate surface area is 196 Å². The van der Waals surface area contributed by atoms with Gasteiger partial charge in [-0.15, -0.1) is 0 Å². The van der Waals surface area contributed by atoms with E-state index in [1.54, 1.807) is 6.07 Å². The molecule has 0 saturated carbocycles. The van der Waals surface area contributed by atoms with E-state index in [4.69, 9.17) is 27.6 Å². The van der Waals surface area contributed by atoms with Gasteiger partial charge in [0.1, 0.15) is 13.8 Å². The van der Waals surface area contributed by atoms with Gasteiger partial charge in [-0.1, -0.05) is 41.4 Å². The molecule has 1 aliphatic carbocycles. The number of hydrogen-bond donors (Lipinski definition) is 2. The third-order valence-electron chi connectivity index (χ3n) is 4.46. The average molecular weight is 595 g/mol. The number of hydrogen-bond acceptors (Lipinski definition) is 5. The van der Waals surface area contributed by atoms with Crippen molar-refractivity contribution in [2.24, 2.45) is 0 Å². The van der Waals surface area contributed by atoms with Gasteiger partial charge in [0.25, 0.3) is 10.1 Å². The summed E-state index contributed by atoms with van der Waals surface area (Å²) < 4.78 is 39.9. The molecule has 1 aliphatic heterocycles. The highest BCUT2D eigenvalue weighted by Gasteiger charge is 2.28. The fourth-order valence-electron chi connectivity index (χ4n) is 3.18. The molecule has 30 heavy (non-hydrogen) atoms. The Kier molecular flexibility index (Phi) is 5.41. The summed E-state index contributed by atoms with van der Waals surface area (Å²) in [5.41, 5.74) is 0.275. The first-order valence-corrected chi connectivity index (χ1v) is 11.8. The molecule has 0 spiro atoms. The van der Waals surface area contributed by atoms with Gasteiger partial charge in [0.05, 0.1) is 10.0 Å². The Balaban J connectivity index is 2.36. The fourth-order valence-corrected chi connectivity index (χ4v) is 5.53. The molecule has 0 bridgehead atoms. The Morgan fingerprint density at radius 2 is 1.63 bits per heavy atom. The Hall–Kier alpha value is -1.62. The van der Waals surface area contributed by atoms with Crippen LogP contribution in [-0.2, 0) is 10.1 Å². The van der Waals surface area contributed by atoms with E-state index in [1.165, 1.54) is 30.3 Å². The summed E-state index contributed by atoms with van der Waals surface area (Å²) >= 11 is 18.6. The second kappa shape index (κ2) is 7.51. The summed E-state index contributed by atoms with van der Waals surface area (Å²) in [4.78, 5) is 12.0. The van der Waals surface area contributed by atoms with Gasteiger partial charge in [0.2, 0.25) is 5.43 Å². The number of aromatic hydroxyl groups is 1. The van der Waals surface area contributed by atoms with Crippen LogP contribution in [-0.4, -0.2) is 18.1 Å². The van der Waals surface area contributed by atoms with Gasteiger partial charge in [-0.2, -0.15) is 8.42 Å². The highest BCUT2D eigenvalue weighted by molar-refractivity contribution is 9.11. The third-order valence-corrected chi connectivity index (χ3v) is 7.39. The van der Waals surface area contributed by atoms with Gasteiger partial charge in [-0.05, 0) is 50.1 Å². The molecule has 0 unspecified atom stereocenters. The highest BCUT2D eigenvalue weighted by Crippen LogP contribution is 2.49. The van der Waals surface area contributed by atoms with Gasteiger partial charge in [-0.3, -0.25) is 9.35 Å². The molecule has 2 aromatic rings. The lowest BCUT2D eigenvalue weighted by Crippen LogP contribution is -2.07. The van der Waals surface area contributed by atoms with E-state index in [2.05, 4.69) is 31.9 Å².